The maximum atomic E-state index is 2.60. The van der Waals surface area contributed by atoms with E-state index in [1.807, 2.05) is 0 Å². The number of hydrogen-bond donors (Lipinski definition) is 0. The molecule has 0 nitrogen and oxygen atoms in total. The zero-order valence-electron chi connectivity index (χ0n) is 16.3. The van der Waals surface area contributed by atoms with Gasteiger partial charge in [0.2, 0.25) is 0 Å². The van der Waals surface area contributed by atoms with Crippen molar-refractivity contribution in [1.82, 2.24) is 0 Å². The van der Waals surface area contributed by atoms with Crippen molar-refractivity contribution in [2.75, 3.05) is 0 Å². The topological polar surface area (TPSA) is 0 Å². The molecular weight excluding hydrogens is 568 g/mol. The third kappa shape index (κ3) is 3.21. The number of rotatable bonds is 4. The molecule has 0 saturated carbocycles. The van der Waals surface area contributed by atoms with Crippen molar-refractivity contribution in [2.45, 2.75) is 15.2 Å². The average Bonchev–Trinajstić information content (AvgIpc) is 3.33. The predicted molar refractivity (Wildman–Crippen MR) is 129 cm³/mol. The molecule has 0 radical (unpaired) electrons. The Morgan fingerprint density at radius 1 is 0.586 bits per heavy atom. The van der Waals surface area contributed by atoms with Crippen LogP contribution in [0.15, 0.2) is 87.9 Å². The molecule has 0 atom stereocenters. The van der Waals surface area contributed by atoms with Crippen molar-refractivity contribution in [3.05, 3.63) is 110 Å². The fourth-order valence-electron chi connectivity index (χ4n) is 4.74. The molecule has 0 amide bonds. The van der Waals surface area contributed by atoms with Gasteiger partial charge in [0, 0.05) is 0 Å². The van der Waals surface area contributed by atoms with Crippen molar-refractivity contribution in [3.63, 3.8) is 0 Å². The number of benzene rings is 2. The summed E-state index contributed by atoms with van der Waals surface area (Å²) in [5.41, 5.74) is 8.84. The van der Waals surface area contributed by atoms with E-state index in [2.05, 4.69) is 93.0 Å². The predicted octanol–water partition coefficient (Wildman–Crippen LogP) is 6.62. The molecule has 2 aliphatic heterocycles. The SMILES string of the molecule is C1=[CH][Sb]([CH2]C[CH2][Sb]2[CH]=CC=C3[C]2=Cc2ccccc23)[C]2=Cc3ccccc3C2=C1. The van der Waals surface area contributed by atoms with Gasteiger partial charge in [-0.2, -0.15) is 0 Å². The summed E-state index contributed by atoms with van der Waals surface area (Å²) in [6.07, 6.45) is 15.8. The van der Waals surface area contributed by atoms with E-state index in [-0.39, 0.29) is 0 Å². The summed E-state index contributed by atoms with van der Waals surface area (Å²) in [5, 5.41) is 0. The summed E-state index contributed by atoms with van der Waals surface area (Å²) in [6, 6.07) is 17.8. The first kappa shape index (κ1) is 18.3. The van der Waals surface area contributed by atoms with Crippen LogP contribution in [-0.2, 0) is 0 Å². The third-order valence-electron chi connectivity index (χ3n) is 6.11. The standard InChI is InChI=1S/2C12H8.C3H6.2Sb/c2*1-2-5-10-8-9-11-6-3-4-7-12(10)11;1-3-2;;/h2*1-7,9H;1-3H2;;. The van der Waals surface area contributed by atoms with E-state index in [0.29, 0.717) is 0 Å². The van der Waals surface area contributed by atoms with Gasteiger partial charge in [-0.25, -0.2) is 0 Å². The normalized spacial score (nSPS) is 19.0. The molecule has 29 heavy (non-hydrogen) atoms. The molecule has 0 saturated heterocycles. The average molecular weight is 590 g/mol. The minimum atomic E-state index is -1.50. The van der Waals surface area contributed by atoms with Crippen molar-refractivity contribution >= 4 is 63.7 Å². The fourth-order valence-corrected chi connectivity index (χ4v) is 19.2. The molecule has 0 unspecified atom stereocenters. The summed E-state index contributed by atoms with van der Waals surface area (Å²) in [7, 11) is 0. The van der Waals surface area contributed by atoms with Crippen LogP contribution in [0.25, 0.3) is 23.3 Å². The van der Waals surface area contributed by atoms with E-state index in [9.17, 15) is 0 Å². The summed E-state index contributed by atoms with van der Waals surface area (Å²) in [4.78, 5) is 0. The van der Waals surface area contributed by atoms with Crippen LogP contribution in [0.2, 0.25) is 8.73 Å². The Bertz CT molecular complexity index is 1090. The summed E-state index contributed by atoms with van der Waals surface area (Å²) in [5.74, 6) is 0. The van der Waals surface area contributed by atoms with E-state index < -0.39 is 40.4 Å². The number of hydrogen-bond acceptors (Lipinski definition) is 0. The third-order valence-corrected chi connectivity index (χ3v) is 19.3. The number of allylic oxidation sites excluding steroid dienone is 8. The Labute approximate surface area is 187 Å². The molecule has 2 aliphatic carbocycles. The Hall–Kier alpha value is -1.48. The van der Waals surface area contributed by atoms with Crippen molar-refractivity contribution < 1.29 is 0 Å². The van der Waals surface area contributed by atoms with Gasteiger partial charge in [0.15, 0.2) is 0 Å². The zero-order chi connectivity index (χ0) is 19.2. The van der Waals surface area contributed by atoms with Gasteiger partial charge >= 0.3 is 189 Å². The molecule has 0 spiro atoms. The van der Waals surface area contributed by atoms with Crippen LogP contribution in [0.3, 0.4) is 0 Å². The van der Waals surface area contributed by atoms with Crippen molar-refractivity contribution in [2.24, 2.45) is 0 Å². The van der Waals surface area contributed by atoms with Gasteiger partial charge in [-0.1, -0.05) is 0 Å². The fraction of sp³-hybridized carbons (Fsp3) is 0.111. The zero-order valence-corrected chi connectivity index (χ0v) is 21.4. The first-order valence-electron chi connectivity index (χ1n) is 10.3. The van der Waals surface area contributed by atoms with Crippen LogP contribution < -0.4 is 0 Å². The molecule has 4 aliphatic rings. The summed E-state index contributed by atoms with van der Waals surface area (Å²) >= 11 is -3.01. The number of fused-ring (bicyclic) bond motifs is 6. The van der Waals surface area contributed by atoms with Gasteiger partial charge in [0.1, 0.15) is 0 Å². The quantitative estimate of drug-likeness (QED) is 0.352. The Kier molecular flexibility index (Phi) is 4.82. The van der Waals surface area contributed by atoms with Crippen LogP contribution in [0.1, 0.15) is 28.7 Å². The van der Waals surface area contributed by atoms with Crippen LogP contribution in [0, 0.1) is 0 Å². The summed E-state index contributed by atoms with van der Waals surface area (Å²) in [6.45, 7) is 0. The molecule has 6 rings (SSSR count). The van der Waals surface area contributed by atoms with E-state index >= 15 is 0 Å². The molecule has 140 valence electrons. The minimum absolute atomic E-state index is 1.40. The molecule has 2 aromatic carbocycles. The Balaban J connectivity index is 1.15. The molecule has 0 bridgehead atoms. The van der Waals surface area contributed by atoms with Gasteiger partial charge in [0.25, 0.3) is 0 Å². The Morgan fingerprint density at radius 3 is 1.59 bits per heavy atom. The first-order valence-corrected chi connectivity index (χ1v) is 19.4. The van der Waals surface area contributed by atoms with Gasteiger partial charge in [-0.05, 0) is 0 Å². The van der Waals surface area contributed by atoms with E-state index in [0.717, 1.165) is 0 Å². The molecule has 2 aromatic rings. The molecule has 2 heterocycles. The van der Waals surface area contributed by atoms with E-state index in [1.54, 1.807) is 7.04 Å². The second kappa shape index (κ2) is 7.65. The van der Waals surface area contributed by atoms with Crippen LogP contribution in [-0.4, -0.2) is 40.4 Å². The van der Waals surface area contributed by atoms with Gasteiger partial charge in [0.05, 0.1) is 0 Å². The molecule has 2 heteroatoms. The van der Waals surface area contributed by atoms with Crippen LogP contribution >= 0.6 is 0 Å². The van der Waals surface area contributed by atoms with Gasteiger partial charge < -0.3 is 0 Å². The van der Waals surface area contributed by atoms with Crippen molar-refractivity contribution in [1.29, 1.82) is 0 Å². The second-order valence-corrected chi connectivity index (χ2v) is 20.2. The van der Waals surface area contributed by atoms with Gasteiger partial charge in [-0.3, -0.25) is 0 Å². The van der Waals surface area contributed by atoms with Gasteiger partial charge in [-0.15, -0.1) is 0 Å². The molecule has 0 N–H and O–H groups in total. The monoisotopic (exact) mass is 588 g/mol. The molecule has 0 fully saturated rings. The second-order valence-electron chi connectivity index (χ2n) is 7.82. The van der Waals surface area contributed by atoms with E-state index in [4.69, 9.17) is 0 Å². The van der Waals surface area contributed by atoms with Crippen molar-refractivity contribution in [3.8, 4) is 0 Å². The summed E-state index contributed by atoms with van der Waals surface area (Å²) < 4.78 is 11.5. The molecule has 0 aromatic heterocycles. The molecular formula is C27H22Sb2. The maximum absolute atomic E-state index is 2.60. The van der Waals surface area contributed by atoms with Crippen LogP contribution in [0.4, 0.5) is 0 Å². The van der Waals surface area contributed by atoms with Crippen LogP contribution in [0.5, 0.6) is 0 Å². The Morgan fingerprint density at radius 2 is 1.07 bits per heavy atom. The first-order chi connectivity index (χ1) is 14.4. The van der Waals surface area contributed by atoms with E-state index in [1.165, 1.54) is 48.6 Å².